The first-order chi connectivity index (χ1) is 19.2. The number of nitrogens with zero attached hydrogens (tertiary/aromatic N) is 7. The number of anilines is 1. The van der Waals surface area contributed by atoms with Gasteiger partial charge in [0, 0.05) is 23.4 Å². The maximum atomic E-state index is 15.3. The zero-order valence-electron chi connectivity index (χ0n) is 21.9. The van der Waals surface area contributed by atoms with Gasteiger partial charge in [0.2, 0.25) is 17.7 Å². The molecule has 206 valence electrons. The van der Waals surface area contributed by atoms with Crippen LogP contribution in [0, 0.1) is 5.82 Å². The summed E-state index contributed by atoms with van der Waals surface area (Å²) in [7, 11) is 1.80. The molecule has 0 unspecified atom stereocenters. The van der Waals surface area contributed by atoms with E-state index in [-0.39, 0.29) is 37.3 Å². The van der Waals surface area contributed by atoms with Gasteiger partial charge >= 0.3 is 0 Å². The number of fused-ring (bicyclic) bond motifs is 2. The standard InChI is InChI=1S/C25H26FN11O3/c1-13(2)24-23-15(16-8-19-14(7-17(16)26)9-29-36(19)3)5-4-6-18(23)37(33-24)12-22(40)28-10-20(38)27-11-21(39)30-25-31-34-35-32-25/h4-9,13H,10-12H2,1-3H3,(H,27,38)(H,28,40)(H2,30,31,32,34,35,39). The number of hydrogen-bond acceptors (Lipinski definition) is 8. The van der Waals surface area contributed by atoms with Crippen molar-refractivity contribution in [2.24, 2.45) is 7.05 Å². The molecular weight excluding hydrogens is 521 g/mol. The molecular formula is C25H26FN11O3. The van der Waals surface area contributed by atoms with Crippen molar-refractivity contribution in [3.8, 4) is 11.1 Å². The highest BCUT2D eigenvalue weighted by atomic mass is 19.1. The first-order valence-electron chi connectivity index (χ1n) is 12.4. The number of carbonyl (C=O) groups excluding carboxylic acids is 3. The lowest BCUT2D eigenvalue weighted by molar-refractivity contribution is -0.127. The number of tetrazole rings is 1. The Bertz CT molecular complexity index is 1720. The van der Waals surface area contributed by atoms with Crippen LogP contribution in [0.5, 0.6) is 0 Å². The lowest BCUT2D eigenvalue weighted by Crippen LogP contribution is -2.41. The van der Waals surface area contributed by atoms with Crippen LogP contribution >= 0.6 is 0 Å². The van der Waals surface area contributed by atoms with E-state index < -0.39 is 17.7 Å². The number of rotatable bonds is 9. The molecule has 40 heavy (non-hydrogen) atoms. The van der Waals surface area contributed by atoms with Crippen molar-refractivity contribution < 1.29 is 18.8 Å². The van der Waals surface area contributed by atoms with E-state index >= 15 is 4.39 Å². The van der Waals surface area contributed by atoms with E-state index in [4.69, 9.17) is 0 Å². The molecule has 0 atom stereocenters. The molecule has 0 fully saturated rings. The van der Waals surface area contributed by atoms with Gasteiger partial charge in [-0.05, 0) is 34.9 Å². The van der Waals surface area contributed by atoms with Crippen LogP contribution in [0.15, 0.2) is 36.5 Å². The summed E-state index contributed by atoms with van der Waals surface area (Å²) in [4.78, 5) is 36.7. The van der Waals surface area contributed by atoms with Crippen molar-refractivity contribution in [2.75, 3.05) is 18.4 Å². The van der Waals surface area contributed by atoms with Gasteiger partial charge in [-0.25, -0.2) is 4.39 Å². The molecule has 4 N–H and O–H groups in total. The molecule has 5 aromatic rings. The largest absolute Gasteiger partial charge is 0.345 e. The number of benzene rings is 2. The zero-order valence-corrected chi connectivity index (χ0v) is 21.9. The summed E-state index contributed by atoms with van der Waals surface area (Å²) in [5, 5.41) is 30.2. The van der Waals surface area contributed by atoms with E-state index in [9.17, 15) is 14.4 Å². The predicted molar refractivity (Wildman–Crippen MR) is 142 cm³/mol. The third kappa shape index (κ3) is 5.34. The minimum Gasteiger partial charge on any atom is -0.345 e. The number of carbonyl (C=O) groups is 3. The van der Waals surface area contributed by atoms with Gasteiger partial charge in [0.05, 0.1) is 36.0 Å². The fraction of sp³-hybridized carbons (Fsp3) is 0.280. The Morgan fingerprint density at radius 2 is 1.80 bits per heavy atom. The summed E-state index contributed by atoms with van der Waals surface area (Å²) in [5.41, 5.74) is 3.23. The average molecular weight is 548 g/mol. The highest BCUT2D eigenvalue weighted by Crippen LogP contribution is 2.37. The Morgan fingerprint density at radius 1 is 1.02 bits per heavy atom. The molecule has 2 aromatic carbocycles. The van der Waals surface area contributed by atoms with Crippen LogP contribution in [0.4, 0.5) is 10.3 Å². The SMILES string of the molecule is CC(C)c1nn(CC(=O)NCC(=O)NCC(=O)Nc2nn[nH]n2)c2cccc(-c3cc4c(cnn4C)cc3F)c12. The highest BCUT2D eigenvalue weighted by molar-refractivity contribution is 6.00. The molecule has 15 heteroatoms. The summed E-state index contributed by atoms with van der Waals surface area (Å²) in [6.45, 7) is 3.10. The molecule has 0 saturated carbocycles. The van der Waals surface area contributed by atoms with E-state index in [1.54, 1.807) is 34.7 Å². The van der Waals surface area contributed by atoms with Crippen LogP contribution in [0.3, 0.4) is 0 Å². The Morgan fingerprint density at radius 3 is 2.55 bits per heavy atom. The maximum Gasteiger partial charge on any atom is 0.269 e. The number of hydrogen-bond donors (Lipinski definition) is 4. The van der Waals surface area contributed by atoms with Crippen molar-refractivity contribution in [3.05, 3.63) is 48.0 Å². The molecule has 5 rings (SSSR count). The van der Waals surface area contributed by atoms with Crippen molar-refractivity contribution in [3.63, 3.8) is 0 Å². The summed E-state index contributed by atoms with van der Waals surface area (Å²) in [6.07, 6.45) is 1.62. The van der Waals surface area contributed by atoms with Gasteiger partial charge in [0.1, 0.15) is 12.4 Å². The molecule has 0 bridgehead atoms. The fourth-order valence-electron chi connectivity index (χ4n) is 4.38. The summed E-state index contributed by atoms with van der Waals surface area (Å²) < 4.78 is 18.5. The fourth-order valence-corrected chi connectivity index (χ4v) is 4.38. The maximum absolute atomic E-state index is 15.3. The lowest BCUT2D eigenvalue weighted by Gasteiger charge is -2.10. The second-order valence-electron chi connectivity index (χ2n) is 9.39. The summed E-state index contributed by atoms with van der Waals surface area (Å²) in [5.74, 6) is -2.00. The van der Waals surface area contributed by atoms with E-state index in [0.717, 1.165) is 10.9 Å². The van der Waals surface area contributed by atoms with Gasteiger partial charge in [-0.2, -0.15) is 15.4 Å². The average Bonchev–Trinajstić information content (AvgIpc) is 3.65. The van der Waals surface area contributed by atoms with Gasteiger partial charge < -0.3 is 10.6 Å². The molecule has 0 aliphatic heterocycles. The minimum absolute atomic E-state index is 0.0131. The molecule has 0 spiro atoms. The lowest BCUT2D eigenvalue weighted by atomic mass is 9.95. The van der Waals surface area contributed by atoms with Crippen LogP contribution < -0.4 is 16.0 Å². The van der Waals surface area contributed by atoms with E-state index in [1.165, 1.54) is 6.07 Å². The topological polar surface area (TPSA) is 177 Å². The number of amides is 3. The number of nitrogens with one attached hydrogen (secondary N) is 4. The first kappa shape index (κ1) is 26.4. The number of aromatic nitrogens is 8. The second-order valence-corrected chi connectivity index (χ2v) is 9.39. The van der Waals surface area contributed by atoms with E-state index in [1.807, 2.05) is 26.0 Å². The van der Waals surface area contributed by atoms with Crippen LogP contribution in [0.2, 0.25) is 0 Å². The number of H-pyrrole nitrogens is 1. The van der Waals surface area contributed by atoms with Crippen LogP contribution in [-0.4, -0.2) is 71.0 Å². The Balaban J connectivity index is 1.31. The van der Waals surface area contributed by atoms with Crippen LogP contribution in [0.1, 0.15) is 25.5 Å². The summed E-state index contributed by atoms with van der Waals surface area (Å²) >= 11 is 0. The zero-order chi connectivity index (χ0) is 28.4. The summed E-state index contributed by atoms with van der Waals surface area (Å²) in [6, 6.07) is 8.67. The second kappa shape index (κ2) is 10.9. The molecule has 3 aromatic heterocycles. The quantitative estimate of drug-likeness (QED) is 0.213. The Kier molecular flexibility index (Phi) is 7.18. The van der Waals surface area contributed by atoms with Gasteiger partial charge in [0.25, 0.3) is 5.95 Å². The number of aryl methyl sites for hydroxylation is 1. The molecule has 14 nitrogen and oxygen atoms in total. The van der Waals surface area contributed by atoms with Gasteiger partial charge in [-0.3, -0.25) is 29.1 Å². The normalized spacial score (nSPS) is 11.3. The molecule has 3 heterocycles. The molecule has 0 saturated heterocycles. The molecule has 3 amide bonds. The van der Waals surface area contributed by atoms with Gasteiger partial charge in [0.15, 0.2) is 0 Å². The number of halogens is 1. The van der Waals surface area contributed by atoms with Gasteiger partial charge in [-0.1, -0.05) is 31.1 Å². The Labute approximate surface area is 226 Å². The Hall–Kier alpha value is -5.21. The van der Waals surface area contributed by atoms with Crippen molar-refractivity contribution in [1.82, 2.24) is 50.8 Å². The first-order valence-corrected chi connectivity index (χ1v) is 12.4. The molecule has 0 aliphatic rings. The smallest absolute Gasteiger partial charge is 0.269 e. The predicted octanol–water partition coefficient (Wildman–Crippen LogP) is 1.24. The van der Waals surface area contributed by atoms with Gasteiger partial charge in [-0.15, -0.1) is 5.10 Å². The van der Waals surface area contributed by atoms with Crippen molar-refractivity contribution in [1.29, 1.82) is 0 Å². The minimum atomic E-state index is -0.562. The van der Waals surface area contributed by atoms with Crippen molar-refractivity contribution in [2.45, 2.75) is 26.3 Å². The van der Waals surface area contributed by atoms with E-state index in [2.05, 4.69) is 46.8 Å². The third-order valence-electron chi connectivity index (χ3n) is 6.26. The monoisotopic (exact) mass is 547 g/mol. The number of aromatic amines is 1. The third-order valence-corrected chi connectivity index (χ3v) is 6.26. The van der Waals surface area contributed by atoms with Crippen LogP contribution in [-0.2, 0) is 28.0 Å². The molecule has 0 aliphatic carbocycles. The van der Waals surface area contributed by atoms with Crippen molar-refractivity contribution >= 4 is 45.5 Å². The van der Waals surface area contributed by atoms with Crippen LogP contribution in [0.25, 0.3) is 32.9 Å². The molecule has 0 radical (unpaired) electrons. The highest BCUT2D eigenvalue weighted by Gasteiger charge is 2.21. The van der Waals surface area contributed by atoms with E-state index in [0.29, 0.717) is 27.7 Å².